The maximum Gasteiger partial charge on any atom is 0.240 e. The summed E-state index contributed by atoms with van der Waals surface area (Å²) in [6.45, 7) is 0. The molecule has 3 aromatic carbocycles. The van der Waals surface area contributed by atoms with Crippen molar-refractivity contribution in [2.75, 3.05) is 12.4 Å². The number of thioether (sulfide) groups is 1. The van der Waals surface area contributed by atoms with Gasteiger partial charge >= 0.3 is 0 Å². The number of fused-ring (bicyclic) bond motifs is 1. The van der Waals surface area contributed by atoms with Gasteiger partial charge in [0, 0.05) is 17.5 Å². The lowest BCUT2D eigenvalue weighted by atomic mass is 10.1. The van der Waals surface area contributed by atoms with Crippen LogP contribution in [-0.2, 0) is 9.59 Å². The molecular weight excluding hydrogens is 386 g/mol. The summed E-state index contributed by atoms with van der Waals surface area (Å²) in [6, 6.07) is 20.9. The van der Waals surface area contributed by atoms with E-state index in [0.717, 1.165) is 16.5 Å². The maximum atomic E-state index is 12.6. The van der Waals surface area contributed by atoms with Crippen LogP contribution in [0.1, 0.15) is 6.42 Å². The van der Waals surface area contributed by atoms with Crippen molar-refractivity contribution in [2.45, 2.75) is 11.7 Å². The Morgan fingerprint density at radius 3 is 2.72 bits per heavy atom. The highest BCUT2D eigenvalue weighted by Gasteiger charge is 2.32. The Morgan fingerprint density at radius 2 is 1.86 bits per heavy atom. The van der Waals surface area contributed by atoms with Gasteiger partial charge in [-0.1, -0.05) is 60.3 Å². The second-order valence-electron chi connectivity index (χ2n) is 6.46. The number of methoxy groups -OCH3 is 1. The van der Waals surface area contributed by atoms with Crippen LogP contribution in [0.2, 0.25) is 0 Å². The van der Waals surface area contributed by atoms with Crippen molar-refractivity contribution >= 4 is 50.9 Å². The number of rotatable bonds is 5. The minimum atomic E-state index is -0.529. The van der Waals surface area contributed by atoms with Crippen LogP contribution in [-0.4, -0.2) is 29.3 Å². The molecule has 1 aliphatic rings. The van der Waals surface area contributed by atoms with E-state index in [1.807, 2.05) is 54.6 Å². The largest absolute Gasteiger partial charge is 0.494 e. The molecule has 0 radical (unpaired) electrons. The van der Waals surface area contributed by atoms with Crippen LogP contribution in [0, 0.1) is 0 Å². The lowest BCUT2D eigenvalue weighted by Crippen LogP contribution is -2.28. The first kappa shape index (κ1) is 19.0. The van der Waals surface area contributed by atoms with E-state index in [9.17, 15) is 9.59 Å². The maximum absolute atomic E-state index is 12.6. The molecule has 1 heterocycles. The number of hydrogen-bond donors (Lipinski definition) is 2. The molecule has 7 heteroatoms. The summed E-state index contributed by atoms with van der Waals surface area (Å²) < 4.78 is 5.28. The molecule has 2 N–H and O–H groups in total. The standard InChI is InChI=1S/C22H19N3O3S/c1-28-18-12-5-4-10-17(18)24-22-25-21(27)19(29-22)13-20(26)23-16-11-6-8-14-7-2-3-9-15(14)16/h2-12,19H,13H2,1H3,(H,23,26)(H,24,25,27)/t19-/m1/s1. The third-order valence-electron chi connectivity index (χ3n) is 4.52. The van der Waals surface area contributed by atoms with Gasteiger partial charge in [0.25, 0.3) is 0 Å². The van der Waals surface area contributed by atoms with Gasteiger partial charge < -0.3 is 15.4 Å². The van der Waals surface area contributed by atoms with Gasteiger partial charge in [-0.05, 0) is 23.6 Å². The molecule has 0 saturated carbocycles. The van der Waals surface area contributed by atoms with Gasteiger partial charge in [0.15, 0.2) is 5.17 Å². The van der Waals surface area contributed by atoms with Crippen LogP contribution in [0.15, 0.2) is 71.7 Å². The summed E-state index contributed by atoms with van der Waals surface area (Å²) in [5.41, 5.74) is 1.36. The average Bonchev–Trinajstić information content (AvgIpc) is 3.07. The van der Waals surface area contributed by atoms with Gasteiger partial charge in [0.1, 0.15) is 16.7 Å². The number of amidine groups is 1. The zero-order chi connectivity index (χ0) is 20.2. The summed E-state index contributed by atoms with van der Waals surface area (Å²) in [5, 5.41) is 7.60. The fraction of sp³-hybridized carbons (Fsp3) is 0.136. The Balaban J connectivity index is 1.45. The van der Waals surface area contributed by atoms with Crippen molar-refractivity contribution < 1.29 is 14.3 Å². The molecule has 6 nitrogen and oxygen atoms in total. The Bertz CT molecular complexity index is 1110. The van der Waals surface area contributed by atoms with E-state index in [1.54, 1.807) is 19.2 Å². The van der Waals surface area contributed by atoms with Crippen LogP contribution in [0.5, 0.6) is 5.75 Å². The molecule has 1 saturated heterocycles. The molecule has 2 amide bonds. The van der Waals surface area contributed by atoms with Crippen LogP contribution in [0.3, 0.4) is 0 Å². The predicted molar refractivity (Wildman–Crippen MR) is 117 cm³/mol. The fourth-order valence-electron chi connectivity index (χ4n) is 3.13. The lowest BCUT2D eigenvalue weighted by Gasteiger charge is -2.10. The number of hydrogen-bond acceptors (Lipinski definition) is 5. The van der Waals surface area contributed by atoms with Crippen LogP contribution in [0.25, 0.3) is 10.8 Å². The monoisotopic (exact) mass is 405 g/mol. The van der Waals surface area contributed by atoms with Crippen molar-refractivity contribution in [2.24, 2.45) is 4.99 Å². The first-order chi connectivity index (χ1) is 14.1. The highest BCUT2D eigenvalue weighted by Crippen LogP contribution is 2.31. The number of carbonyl (C=O) groups excluding carboxylic acids is 2. The van der Waals surface area contributed by atoms with Crippen LogP contribution in [0.4, 0.5) is 11.4 Å². The molecule has 0 unspecified atom stereocenters. The number of ether oxygens (including phenoxy) is 1. The number of anilines is 1. The first-order valence-corrected chi connectivity index (χ1v) is 9.99. The number of nitrogens with zero attached hydrogens (tertiary/aromatic N) is 1. The van der Waals surface area contributed by atoms with E-state index in [2.05, 4.69) is 15.6 Å². The normalized spacial score (nSPS) is 17.3. The molecular formula is C22H19N3O3S. The SMILES string of the molecule is COc1ccccc1N=C1NC(=O)[C@@H](CC(=O)Nc2cccc3ccccc23)S1. The van der Waals surface area contributed by atoms with E-state index < -0.39 is 5.25 Å². The Hall–Kier alpha value is -3.32. The van der Waals surface area contributed by atoms with Gasteiger partial charge in [0.05, 0.1) is 7.11 Å². The molecule has 146 valence electrons. The van der Waals surface area contributed by atoms with E-state index in [-0.39, 0.29) is 18.2 Å². The van der Waals surface area contributed by atoms with Crippen molar-refractivity contribution in [1.29, 1.82) is 0 Å². The number of para-hydroxylation sites is 2. The van der Waals surface area contributed by atoms with Crippen molar-refractivity contribution in [3.05, 3.63) is 66.7 Å². The smallest absolute Gasteiger partial charge is 0.240 e. The molecule has 1 fully saturated rings. The Morgan fingerprint density at radius 1 is 1.10 bits per heavy atom. The molecule has 1 aliphatic heterocycles. The van der Waals surface area contributed by atoms with Gasteiger partial charge in [-0.25, -0.2) is 4.99 Å². The zero-order valence-electron chi connectivity index (χ0n) is 15.7. The topological polar surface area (TPSA) is 79.8 Å². The molecule has 29 heavy (non-hydrogen) atoms. The quantitative estimate of drug-likeness (QED) is 0.670. The molecule has 4 rings (SSSR count). The minimum absolute atomic E-state index is 0.0602. The minimum Gasteiger partial charge on any atom is -0.494 e. The van der Waals surface area contributed by atoms with Crippen molar-refractivity contribution in [3.8, 4) is 5.75 Å². The Kier molecular flexibility index (Phi) is 5.48. The lowest BCUT2D eigenvalue weighted by molar-refractivity contribution is -0.122. The van der Waals surface area contributed by atoms with E-state index >= 15 is 0 Å². The highest BCUT2D eigenvalue weighted by molar-refractivity contribution is 8.15. The third-order valence-corrected chi connectivity index (χ3v) is 5.60. The zero-order valence-corrected chi connectivity index (χ0v) is 16.5. The summed E-state index contributed by atoms with van der Waals surface area (Å²) >= 11 is 1.25. The number of aliphatic imine (C=N–C) groups is 1. The second-order valence-corrected chi connectivity index (χ2v) is 7.65. The van der Waals surface area contributed by atoms with E-state index in [4.69, 9.17) is 4.74 Å². The van der Waals surface area contributed by atoms with E-state index in [1.165, 1.54) is 11.8 Å². The van der Waals surface area contributed by atoms with E-state index in [0.29, 0.717) is 16.6 Å². The predicted octanol–water partition coefficient (Wildman–Crippen LogP) is 4.10. The van der Waals surface area contributed by atoms with Crippen LogP contribution < -0.4 is 15.4 Å². The molecule has 0 spiro atoms. The number of benzene rings is 3. The molecule has 0 aliphatic carbocycles. The average molecular weight is 405 g/mol. The second kappa shape index (κ2) is 8.36. The number of nitrogens with one attached hydrogen (secondary N) is 2. The van der Waals surface area contributed by atoms with Gasteiger partial charge in [-0.2, -0.15) is 0 Å². The summed E-state index contributed by atoms with van der Waals surface area (Å²) in [5.74, 6) is 0.177. The summed E-state index contributed by atoms with van der Waals surface area (Å²) in [7, 11) is 1.57. The number of amides is 2. The molecule has 3 aromatic rings. The molecule has 0 aromatic heterocycles. The first-order valence-electron chi connectivity index (χ1n) is 9.11. The summed E-state index contributed by atoms with van der Waals surface area (Å²) in [6.07, 6.45) is 0.0602. The highest BCUT2D eigenvalue weighted by atomic mass is 32.2. The molecule has 1 atom stereocenters. The third kappa shape index (κ3) is 4.25. The Labute approximate surface area is 172 Å². The van der Waals surface area contributed by atoms with Gasteiger partial charge in [-0.15, -0.1) is 0 Å². The van der Waals surface area contributed by atoms with Crippen LogP contribution >= 0.6 is 11.8 Å². The van der Waals surface area contributed by atoms with Gasteiger partial charge in [-0.3, -0.25) is 9.59 Å². The summed E-state index contributed by atoms with van der Waals surface area (Å²) in [4.78, 5) is 29.3. The molecule has 0 bridgehead atoms. The number of carbonyl (C=O) groups is 2. The van der Waals surface area contributed by atoms with Crippen molar-refractivity contribution in [1.82, 2.24) is 5.32 Å². The van der Waals surface area contributed by atoms with Crippen molar-refractivity contribution in [3.63, 3.8) is 0 Å². The fourth-order valence-corrected chi connectivity index (χ4v) is 4.11. The van der Waals surface area contributed by atoms with Gasteiger partial charge in [0.2, 0.25) is 11.8 Å².